The molecule has 1 fully saturated rings. The smallest absolute Gasteiger partial charge is 0.126 e. The number of nitrogens with zero attached hydrogens (tertiary/aromatic N) is 1. The average Bonchev–Trinajstić information content (AvgIpc) is 2.50. The lowest BCUT2D eigenvalue weighted by Crippen LogP contribution is -2.42. The maximum absolute atomic E-state index is 13.4. The van der Waals surface area contributed by atoms with Crippen molar-refractivity contribution in [1.29, 1.82) is 0 Å². The first-order chi connectivity index (χ1) is 10.5. The van der Waals surface area contributed by atoms with Crippen LogP contribution in [0.5, 0.6) is 0 Å². The van der Waals surface area contributed by atoms with Gasteiger partial charge in [-0.25, -0.2) is 8.78 Å². The van der Waals surface area contributed by atoms with Gasteiger partial charge in [0.05, 0.1) is 5.60 Å². The van der Waals surface area contributed by atoms with Gasteiger partial charge in [-0.1, -0.05) is 30.3 Å². The molecular weight excluding hydrogens is 284 g/mol. The fourth-order valence-electron chi connectivity index (χ4n) is 3.03. The lowest BCUT2D eigenvalue weighted by molar-refractivity contribution is -0.0281. The van der Waals surface area contributed by atoms with Crippen molar-refractivity contribution < 1.29 is 13.9 Å². The second kappa shape index (κ2) is 6.15. The maximum Gasteiger partial charge on any atom is 0.126 e. The Kier molecular flexibility index (Phi) is 4.23. The SMILES string of the molecule is OC1(c2cc(F)cc(F)c2)CCN(Cc2ccccc2)CC1. The van der Waals surface area contributed by atoms with Crippen LogP contribution in [0.2, 0.25) is 0 Å². The Morgan fingerprint density at radius 3 is 2.14 bits per heavy atom. The zero-order chi connectivity index (χ0) is 15.6. The third-order valence-electron chi connectivity index (χ3n) is 4.33. The minimum absolute atomic E-state index is 0.337. The van der Waals surface area contributed by atoms with E-state index >= 15 is 0 Å². The summed E-state index contributed by atoms with van der Waals surface area (Å²) in [4.78, 5) is 2.25. The van der Waals surface area contributed by atoms with E-state index in [-0.39, 0.29) is 0 Å². The van der Waals surface area contributed by atoms with Gasteiger partial charge in [-0.2, -0.15) is 0 Å². The van der Waals surface area contributed by atoms with Crippen LogP contribution in [0.15, 0.2) is 48.5 Å². The quantitative estimate of drug-likeness (QED) is 0.939. The van der Waals surface area contributed by atoms with E-state index in [2.05, 4.69) is 17.0 Å². The lowest BCUT2D eigenvalue weighted by Gasteiger charge is -2.38. The normalized spacial score (nSPS) is 18.3. The Hall–Kier alpha value is -1.78. The standard InChI is InChI=1S/C18H19F2NO/c19-16-10-15(11-17(20)12-16)18(22)6-8-21(9-7-18)13-14-4-2-1-3-5-14/h1-5,10-12,22H,6-9,13H2. The van der Waals surface area contributed by atoms with Crippen LogP contribution in [0.1, 0.15) is 24.0 Å². The predicted octanol–water partition coefficient (Wildman–Crippen LogP) is 3.45. The number of halogens is 2. The molecule has 0 bridgehead atoms. The first-order valence-electron chi connectivity index (χ1n) is 7.50. The fraction of sp³-hybridized carbons (Fsp3) is 0.333. The zero-order valence-corrected chi connectivity index (χ0v) is 12.3. The molecule has 4 heteroatoms. The number of hydrogen-bond donors (Lipinski definition) is 1. The molecule has 1 aliphatic rings. The summed E-state index contributed by atoms with van der Waals surface area (Å²) < 4.78 is 26.7. The van der Waals surface area contributed by atoms with E-state index in [0.717, 1.165) is 12.6 Å². The van der Waals surface area contributed by atoms with Crippen molar-refractivity contribution in [2.24, 2.45) is 0 Å². The minimum Gasteiger partial charge on any atom is -0.385 e. The third-order valence-corrected chi connectivity index (χ3v) is 4.33. The van der Waals surface area contributed by atoms with Gasteiger partial charge < -0.3 is 5.11 Å². The molecular formula is C18H19F2NO. The molecule has 0 saturated carbocycles. The topological polar surface area (TPSA) is 23.5 Å². The Morgan fingerprint density at radius 2 is 1.55 bits per heavy atom. The van der Waals surface area contributed by atoms with Crippen LogP contribution < -0.4 is 0 Å². The second-order valence-electron chi connectivity index (χ2n) is 5.95. The predicted molar refractivity (Wildman–Crippen MR) is 81.2 cm³/mol. The van der Waals surface area contributed by atoms with Crippen molar-refractivity contribution in [3.05, 3.63) is 71.3 Å². The Morgan fingerprint density at radius 1 is 0.955 bits per heavy atom. The van der Waals surface area contributed by atoms with Crippen molar-refractivity contribution in [3.8, 4) is 0 Å². The van der Waals surface area contributed by atoms with Crippen molar-refractivity contribution in [3.63, 3.8) is 0 Å². The van der Waals surface area contributed by atoms with Gasteiger partial charge in [-0.3, -0.25) is 4.90 Å². The highest BCUT2D eigenvalue weighted by Gasteiger charge is 2.34. The Labute approximate surface area is 129 Å². The molecule has 0 amide bonds. The molecule has 0 radical (unpaired) electrons. The molecule has 0 aromatic heterocycles. The molecule has 2 aromatic carbocycles. The summed E-state index contributed by atoms with van der Waals surface area (Å²) in [5.74, 6) is -1.29. The highest BCUT2D eigenvalue weighted by Crippen LogP contribution is 2.34. The van der Waals surface area contributed by atoms with E-state index in [1.165, 1.54) is 17.7 Å². The van der Waals surface area contributed by atoms with Gasteiger partial charge >= 0.3 is 0 Å². The summed E-state index contributed by atoms with van der Waals surface area (Å²) >= 11 is 0. The number of likely N-dealkylation sites (tertiary alicyclic amines) is 1. The molecule has 2 aromatic rings. The van der Waals surface area contributed by atoms with Crippen LogP contribution in [0.3, 0.4) is 0 Å². The molecule has 0 spiro atoms. The number of aliphatic hydroxyl groups is 1. The average molecular weight is 303 g/mol. The lowest BCUT2D eigenvalue weighted by atomic mass is 9.84. The molecule has 1 saturated heterocycles. The van der Waals surface area contributed by atoms with Gasteiger partial charge in [0.2, 0.25) is 0 Å². The summed E-state index contributed by atoms with van der Waals surface area (Å²) in [7, 11) is 0. The summed E-state index contributed by atoms with van der Waals surface area (Å²) in [6.45, 7) is 2.22. The molecule has 0 atom stereocenters. The van der Waals surface area contributed by atoms with Crippen molar-refractivity contribution in [1.82, 2.24) is 4.90 Å². The summed E-state index contributed by atoms with van der Waals surface area (Å²) in [6, 6.07) is 13.4. The molecule has 22 heavy (non-hydrogen) atoms. The van der Waals surface area contributed by atoms with Gasteiger partial charge in [0, 0.05) is 25.7 Å². The van der Waals surface area contributed by atoms with Crippen LogP contribution in [-0.2, 0) is 12.1 Å². The van der Waals surface area contributed by atoms with Crippen LogP contribution >= 0.6 is 0 Å². The first-order valence-corrected chi connectivity index (χ1v) is 7.50. The van der Waals surface area contributed by atoms with Gasteiger partial charge in [0.1, 0.15) is 11.6 Å². The summed E-state index contributed by atoms with van der Waals surface area (Å²) in [5, 5.41) is 10.7. The molecule has 0 unspecified atom stereocenters. The number of piperidine rings is 1. The van der Waals surface area contributed by atoms with E-state index in [1.54, 1.807) is 0 Å². The molecule has 0 aliphatic carbocycles. The first kappa shape index (κ1) is 15.1. The van der Waals surface area contributed by atoms with Gasteiger partial charge in [0.15, 0.2) is 0 Å². The second-order valence-corrected chi connectivity index (χ2v) is 5.95. The molecule has 1 N–H and O–H groups in total. The number of benzene rings is 2. The van der Waals surface area contributed by atoms with E-state index in [0.29, 0.717) is 31.5 Å². The van der Waals surface area contributed by atoms with Gasteiger partial charge in [-0.05, 0) is 36.1 Å². The molecule has 3 rings (SSSR count). The van der Waals surface area contributed by atoms with Crippen molar-refractivity contribution >= 4 is 0 Å². The minimum atomic E-state index is -1.14. The van der Waals surface area contributed by atoms with Crippen LogP contribution in [0, 0.1) is 11.6 Å². The van der Waals surface area contributed by atoms with Crippen LogP contribution in [-0.4, -0.2) is 23.1 Å². The highest BCUT2D eigenvalue weighted by molar-refractivity contribution is 5.25. The van der Waals surface area contributed by atoms with Gasteiger partial charge in [-0.15, -0.1) is 0 Å². The number of rotatable bonds is 3. The van der Waals surface area contributed by atoms with Crippen LogP contribution in [0.25, 0.3) is 0 Å². The van der Waals surface area contributed by atoms with Crippen molar-refractivity contribution in [2.75, 3.05) is 13.1 Å². The third kappa shape index (κ3) is 3.34. The van der Waals surface area contributed by atoms with E-state index in [9.17, 15) is 13.9 Å². The number of hydrogen-bond acceptors (Lipinski definition) is 2. The zero-order valence-electron chi connectivity index (χ0n) is 12.3. The van der Waals surface area contributed by atoms with Crippen molar-refractivity contribution in [2.45, 2.75) is 25.0 Å². The maximum atomic E-state index is 13.4. The Balaban J connectivity index is 1.67. The molecule has 1 aliphatic heterocycles. The van der Waals surface area contributed by atoms with E-state index in [1.807, 2.05) is 18.2 Å². The molecule has 1 heterocycles. The highest BCUT2D eigenvalue weighted by atomic mass is 19.1. The summed E-state index contributed by atoms with van der Waals surface area (Å²) in [6.07, 6.45) is 0.950. The van der Waals surface area contributed by atoms with Gasteiger partial charge in [0.25, 0.3) is 0 Å². The molecule has 2 nitrogen and oxygen atoms in total. The summed E-state index contributed by atoms with van der Waals surface area (Å²) in [5.41, 5.74) is 0.421. The van der Waals surface area contributed by atoms with E-state index < -0.39 is 17.2 Å². The molecule has 116 valence electrons. The largest absolute Gasteiger partial charge is 0.385 e. The monoisotopic (exact) mass is 303 g/mol. The van der Waals surface area contributed by atoms with E-state index in [4.69, 9.17) is 0 Å². The fourth-order valence-corrected chi connectivity index (χ4v) is 3.03. The van der Waals surface area contributed by atoms with Crippen LogP contribution in [0.4, 0.5) is 8.78 Å². The Bertz CT molecular complexity index is 617.